The summed E-state index contributed by atoms with van der Waals surface area (Å²) in [5.74, 6) is -1.20. The van der Waals surface area contributed by atoms with E-state index in [4.69, 9.17) is 4.74 Å². The molecule has 1 aliphatic heterocycles. The Hall–Kier alpha value is -3.45. The number of carbonyl (C=O) groups is 2. The van der Waals surface area contributed by atoms with Gasteiger partial charge in [0.15, 0.2) is 16.4 Å². The minimum Gasteiger partial charge on any atom is -0.455 e. The van der Waals surface area contributed by atoms with Gasteiger partial charge in [-0.3, -0.25) is 9.59 Å². The van der Waals surface area contributed by atoms with Crippen molar-refractivity contribution >= 4 is 38.2 Å². The van der Waals surface area contributed by atoms with E-state index in [0.29, 0.717) is 5.69 Å². The first-order valence-corrected chi connectivity index (χ1v) is 11.5. The Morgan fingerprint density at radius 3 is 2.39 bits per heavy atom. The van der Waals surface area contributed by atoms with Gasteiger partial charge in [-0.15, -0.1) is 0 Å². The van der Waals surface area contributed by atoms with Gasteiger partial charge in [0.1, 0.15) is 0 Å². The second-order valence-electron chi connectivity index (χ2n) is 7.30. The van der Waals surface area contributed by atoms with Crippen molar-refractivity contribution in [1.29, 1.82) is 0 Å². The minimum atomic E-state index is -3.36. The molecule has 0 saturated heterocycles. The van der Waals surface area contributed by atoms with E-state index in [1.165, 1.54) is 11.0 Å². The Morgan fingerprint density at radius 1 is 0.935 bits per heavy atom. The van der Waals surface area contributed by atoms with Crippen molar-refractivity contribution in [2.24, 2.45) is 0 Å². The highest BCUT2D eigenvalue weighted by atomic mass is 32.2. The zero-order valence-corrected chi connectivity index (χ0v) is 17.5. The molecule has 0 aliphatic carbocycles. The predicted molar refractivity (Wildman–Crippen MR) is 119 cm³/mol. The molecule has 6 nitrogen and oxygen atoms in total. The third-order valence-corrected chi connectivity index (χ3v) is 6.50. The van der Waals surface area contributed by atoms with Gasteiger partial charge in [-0.25, -0.2) is 8.42 Å². The smallest absolute Gasteiger partial charge is 0.310 e. The third-order valence-electron chi connectivity index (χ3n) is 5.12. The number of hydrogen-bond acceptors (Lipinski definition) is 5. The van der Waals surface area contributed by atoms with E-state index in [-0.39, 0.29) is 12.2 Å². The Balaban J connectivity index is 1.46. The molecule has 1 amide bonds. The maximum atomic E-state index is 12.9. The molecular formula is C24H21NO5S. The van der Waals surface area contributed by atoms with Gasteiger partial charge >= 0.3 is 5.97 Å². The largest absolute Gasteiger partial charge is 0.455 e. The van der Waals surface area contributed by atoms with Gasteiger partial charge in [0, 0.05) is 11.1 Å². The van der Waals surface area contributed by atoms with Crippen molar-refractivity contribution in [1.82, 2.24) is 0 Å². The van der Waals surface area contributed by atoms with Gasteiger partial charge in [-0.1, -0.05) is 60.7 Å². The highest BCUT2D eigenvalue weighted by Gasteiger charge is 2.31. The van der Waals surface area contributed by atoms with Crippen LogP contribution in [0.25, 0.3) is 10.8 Å². The number of carbonyl (C=O) groups excluding carboxylic acids is 2. The number of amides is 1. The van der Waals surface area contributed by atoms with Crippen molar-refractivity contribution in [2.45, 2.75) is 12.5 Å². The van der Waals surface area contributed by atoms with Crippen molar-refractivity contribution in [3.63, 3.8) is 0 Å². The fourth-order valence-electron chi connectivity index (χ4n) is 3.69. The topological polar surface area (TPSA) is 80.8 Å². The van der Waals surface area contributed by atoms with Crippen molar-refractivity contribution < 1.29 is 22.7 Å². The Bertz CT molecular complexity index is 1250. The highest BCUT2D eigenvalue weighted by molar-refractivity contribution is 7.94. The Morgan fingerprint density at radius 2 is 1.65 bits per heavy atom. The van der Waals surface area contributed by atoms with Gasteiger partial charge in [-0.2, -0.15) is 0 Å². The summed E-state index contributed by atoms with van der Waals surface area (Å²) in [4.78, 5) is 26.7. The van der Waals surface area contributed by atoms with Crippen LogP contribution in [0.3, 0.4) is 0 Å². The number of hydrogen-bond donors (Lipinski definition) is 0. The first-order chi connectivity index (χ1) is 14.9. The standard InChI is InChI=1S/C24H21NO5S/c26-23(25(20-10-2-1-3-11-20)21-13-14-31(28,29)17-21)16-30-24(27)15-19-9-6-8-18-7-4-5-12-22(18)19/h1-14,21H,15-17H2. The first-order valence-electron chi connectivity index (χ1n) is 9.83. The lowest BCUT2D eigenvalue weighted by Crippen LogP contribution is -2.43. The Kier molecular flexibility index (Phi) is 5.86. The quantitative estimate of drug-likeness (QED) is 0.555. The Labute approximate surface area is 180 Å². The molecule has 3 aromatic rings. The van der Waals surface area contributed by atoms with E-state index in [9.17, 15) is 18.0 Å². The van der Waals surface area contributed by atoms with Gasteiger partial charge < -0.3 is 9.64 Å². The molecule has 0 aromatic heterocycles. The van der Waals surface area contributed by atoms with Crippen LogP contribution in [-0.4, -0.2) is 38.7 Å². The maximum Gasteiger partial charge on any atom is 0.310 e. The molecule has 31 heavy (non-hydrogen) atoms. The van der Waals surface area contributed by atoms with Crippen LogP contribution < -0.4 is 4.90 Å². The lowest BCUT2D eigenvalue weighted by Gasteiger charge is -2.27. The minimum absolute atomic E-state index is 0.0394. The number of nitrogens with zero attached hydrogens (tertiary/aromatic N) is 1. The maximum absolute atomic E-state index is 12.9. The summed E-state index contributed by atoms with van der Waals surface area (Å²) < 4.78 is 29.0. The molecule has 1 heterocycles. The molecule has 0 bridgehead atoms. The van der Waals surface area contributed by atoms with Gasteiger partial charge in [-0.05, 0) is 34.5 Å². The summed E-state index contributed by atoms with van der Waals surface area (Å²) in [6, 6.07) is 21.6. The number of sulfone groups is 1. The fraction of sp³-hybridized carbons (Fsp3) is 0.167. The summed E-state index contributed by atoms with van der Waals surface area (Å²) in [6.07, 6.45) is 1.52. The molecule has 1 atom stereocenters. The van der Waals surface area contributed by atoms with E-state index >= 15 is 0 Å². The third kappa shape index (κ3) is 4.83. The summed E-state index contributed by atoms with van der Waals surface area (Å²) in [5, 5.41) is 3.10. The molecule has 0 radical (unpaired) electrons. The van der Waals surface area contributed by atoms with Crippen LogP contribution in [0.15, 0.2) is 84.3 Å². The van der Waals surface area contributed by atoms with E-state index in [1.54, 1.807) is 30.3 Å². The zero-order valence-electron chi connectivity index (χ0n) is 16.7. The SMILES string of the molecule is O=C(Cc1cccc2ccccc12)OCC(=O)N(c1ccccc1)C1C=CS(=O)(=O)C1. The molecule has 0 spiro atoms. The number of fused-ring (bicyclic) bond motifs is 1. The van der Waals surface area contributed by atoms with Gasteiger partial charge in [0.2, 0.25) is 0 Å². The van der Waals surface area contributed by atoms with Crippen LogP contribution in [-0.2, 0) is 30.6 Å². The number of esters is 1. The zero-order chi connectivity index (χ0) is 21.8. The predicted octanol–water partition coefficient (Wildman–Crippen LogP) is 3.27. The number of benzene rings is 3. The van der Waals surface area contributed by atoms with E-state index in [1.807, 2.05) is 42.5 Å². The lowest BCUT2D eigenvalue weighted by molar-refractivity contribution is -0.147. The normalized spacial score (nSPS) is 16.8. The van der Waals surface area contributed by atoms with E-state index in [0.717, 1.165) is 21.7 Å². The summed E-state index contributed by atoms with van der Waals surface area (Å²) in [5.41, 5.74) is 1.37. The monoisotopic (exact) mass is 435 g/mol. The lowest BCUT2D eigenvalue weighted by atomic mass is 10.0. The van der Waals surface area contributed by atoms with Crippen LogP contribution in [0.2, 0.25) is 0 Å². The molecular weight excluding hydrogens is 414 g/mol. The number of rotatable bonds is 6. The second-order valence-corrected chi connectivity index (χ2v) is 9.23. The summed E-state index contributed by atoms with van der Waals surface area (Å²) in [7, 11) is -3.36. The number of anilines is 1. The molecule has 1 unspecified atom stereocenters. The van der Waals surface area contributed by atoms with Crippen molar-refractivity contribution in [3.8, 4) is 0 Å². The average Bonchev–Trinajstić information content (AvgIpc) is 3.12. The molecule has 7 heteroatoms. The van der Waals surface area contributed by atoms with Crippen LogP contribution >= 0.6 is 0 Å². The molecule has 1 aliphatic rings. The molecule has 0 N–H and O–H groups in total. The van der Waals surface area contributed by atoms with Crippen molar-refractivity contribution in [3.05, 3.63) is 89.8 Å². The van der Waals surface area contributed by atoms with Crippen LogP contribution in [0.5, 0.6) is 0 Å². The summed E-state index contributed by atoms with van der Waals surface area (Å²) in [6.45, 7) is -0.469. The summed E-state index contributed by atoms with van der Waals surface area (Å²) >= 11 is 0. The molecule has 0 saturated carbocycles. The van der Waals surface area contributed by atoms with E-state index in [2.05, 4.69) is 0 Å². The van der Waals surface area contributed by atoms with Crippen LogP contribution in [0, 0.1) is 0 Å². The number of para-hydroxylation sites is 1. The van der Waals surface area contributed by atoms with E-state index < -0.39 is 34.4 Å². The fourth-order valence-corrected chi connectivity index (χ4v) is 4.96. The van der Waals surface area contributed by atoms with Crippen molar-refractivity contribution in [2.75, 3.05) is 17.3 Å². The molecule has 4 rings (SSSR count). The number of ether oxygens (including phenoxy) is 1. The van der Waals surface area contributed by atoms with Gasteiger partial charge in [0.05, 0.1) is 18.2 Å². The highest BCUT2D eigenvalue weighted by Crippen LogP contribution is 2.23. The molecule has 3 aromatic carbocycles. The molecule has 158 valence electrons. The van der Waals surface area contributed by atoms with Gasteiger partial charge in [0.25, 0.3) is 5.91 Å². The average molecular weight is 436 g/mol. The second kappa shape index (κ2) is 8.73. The van der Waals surface area contributed by atoms with Crippen LogP contribution in [0.1, 0.15) is 5.56 Å². The molecule has 0 fully saturated rings. The van der Waals surface area contributed by atoms with Crippen LogP contribution in [0.4, 0.5) is 5.69 Å². The first kappa shape index (κ1) is 20.8.